The van der Waals surface area contributed by atoms with Crippen LogP contribution in [-0.2, 0) is 11.2 Å². The molecule has 0 radical (unpaired) electrons. The SMILES string of the molecule is CCc1cccc2c(C(=O)COC(=O)c3ccc(OC)c(OC)c3OC)c[nH]c12. The molecule has 0 aliphatic rings. The first-order valence-corrected chi connectivity index (χ1v) is 9.13. The molecule has 0 spiro atoms. The third-order valence-electron chi connectivity index (χ3n) is 4.74. The van der Waals surface area contributed by atoms with Crippen LogP contribution in [0.15, 0.2) is 36.5 Å². The Morgan fingerprint density at radius 3 is 2.34 bits per heavy atom. The molecule has 0 bridgehead atoms. The second kappa shape index (κ2) is 8.68. The summed E-state index contributed by atoms with van der Waals surface area (Å²) < 4.78 is 21.0. The monoisotopic (exact) mass is 397 g/mol. The smallest absolute Gasteiger partial charge is 0.342 e. The number of para-hydroxylation sites is 1. The molecule has 0 unspecified atom stereocenters. The average Bonchev–Trinajstić information content (AvgIpc) is 3.20. The Balaban J connectivity index is 1.80. The number of hydrogen-bond acceptors (Lipinski definition) is 6. The molecular weight excluding hydrogens is 374 g/mol. The summed E-state index contributed by atoms with van der Waals surface area (Å²) in [7, 11) is 4.34. The van der Waals surface area contributed by atoms with E-state index < -0.39 is 5.97 Å². The molecule has 3 aromatic rings. The van der Waals surface area contributed by atoms with E-state index in [1.165, 1.54) is 27.4 Å². The van der Waals surface area contributed by atoms with Crippen LogP contribution in [0.3, 0.4) is 0 Å². The summed E-state index contributed by atoms with van der Waals surface area (Å²) in [5.41, 5.74) is 2.67. The highest BCUT2D eigenvalue weighted by atomic mass is 16.5. The Morgan fingerprint density at radius 2 is 1.69 bits per heavy atom. The van der Waals surface area contributed by atoms with Crippen molar-refractivity contribution in [1.29, 1.82) is 0 Å². The van der Waals surface area contributed by atoms with Gasteiger partial charge in [0.05, 0.1) is 21.3 Å². The number of carbonyl (C=O) groups excluding carboxylic acids is 2. The molecule has 0 aliphatic heterocycles. The quantitative estimate of drug-likeness (QED) is 0.460. The number of benzene rings is 2. The van der Waals surface area contributed by atoms with E-state index in [1.54, 1.807) is 12.3 Å². The number of nitrogens with one attached hydrogen (secondary N) is 1. The minimum Gasteiger partial charge on any atom is -0.493 e. The molecule has 0 amide bonds. The van der Waals surface area contributed by atoms with Crippen molar-refractivity contribution in [3.63, 3.8) is 0 Å². The molecule has 2 aromatic carbocycles. The molecule has 0 atom stereocenters. The number of aromatic nitrogens is 1. The summed E-state index contributed by atoms with van der Waals surface area (Å²) >= 11 is 0. The molecule has 0 saturated heterocycles. The maximum Gasteiger partial charge on any atom is 0.342 e. The second-order valence-electron chi connectivity index (χ2n) is 6.28. The summed E-state index contributed by atoms with van der Waals surface area (Å²) in [6.07, 6.45) is 2.50. The number of H-pyrrole nitrogens is 1. The van der Waals surface area contributed by atoms with Gasteiger partial charge in [-0.3, -0.25) is 4.79 Å². The lowest BCUT2D eigenvalue weighted by Crippen LogP contribution is -2.15. The van der Waals surface area contributed by atoms with Crippen molar-refractivity contribution in [1.82, 2.24) is 4.98 Å². The highest BCUT2D eigenvalue weighted by molar-refractivity contribution is 6.09. The topological polar surface area (TPSA) is 86.9 Å². The van der Waals surface area contributed by atoms with Crippen LogP contribution in [0, 0.1) is 0 Å². The van der Waals surface area contributed by atoms with E-state index in [-0.39, 0.29) is 29.5 Å². The highest BCUT2D eigenvalue weighted by Crippen LogP contribution is 2.40. The van der Waals surface area contributed by atoms with Gasteiger partial charge in [0.15, 0.2) is 18.1 Å². The van der Waals surface area contributed by atoms with Gasteiger partial charge in [-0.25, -0.2) is 4.79 Å². The van der Waals surface area contributed by atoms with Crippen LogP contribution in [-0.4, -0.2) is 44.7 Å². The number of fused-ring (bicyclic) bond motifs is 1. The molecule has 1 heterocycles. The third kappa shape index (κ3) is 3.76. The lowest BCUT2D eigenvalue weighted by atomic mass is 10.1. The zero-order valence-electron chi connectivity index (χ0n) is 16.8. The standard InChI is InChI=1S/C22H23NO6/c1-5-13-7-6-8-14-16(11-23-19(13)14)17(24)12-29-22(25)15-9-10-18(26-2)21(28-4)20(15)27-3/h6-11,23H,5,12H2,1-4H3. The predicted molar refractivity (Wildman–Crippen MR) is 108 cm³/mol. The maximum absolute atomic E-state index is 12.7. The van der Waals surface area contributed by atoms with Gasteiger partial charge in [-0.05, 0) is 24.1 Å². The van der Waals surface area contributed by atoms with Gasteiger partial charge < -0.3 is 23.9 Å². The Morgan fingerprint density at radius 1 is 0.931 bits per heavy atom. The largest absolute Gasteiger partial charge is 0.493 e. The number of Topliss-reactive ketones (excluding diaryl/α,β-unsaturated/α-hetero) is 1. The number of aromatic amines is 1. The predicted octanol–water partition coefficient (Wildman–Crippen LogP) is 3.80. The summed E-state index contributed by atoms with van der Waals surface area (Å²) in [6, 6.07) is 8.87. The molecule has 0 fully saturated rings. The van der Waals surface area contributed by atoms with Crippen molar-refractivity contribution in [2.45, 2.75) is 13.3 Å². The van der Waals surface area contributed by atoms with Gasteiger partial charge in [0.25, 0.3) is 0 Å². The number of ketones is 1. The Labute approximate surface area is 168 Å². The van der Waals surface area contributed by atoms with Gasteiger partial charge in [-0.1, -0.05) is 25.1 Å². The average molecular weight is 397 g/mol. The van der Waals surface area contributed by atoms with E-state index in [4.69, 9.17) is 18.9 Å². The number of methoxy groups -OCH3 is 3. The molecule has 29 heavy (non-hydrogen) atoms. The molecule has 0 saturated carbocycles. The number of rotatable bonds is 8. The number of aryl methyl sites for hydroxylation is 1. The van der Waals surface area contributed by atoms with Crippen LogP contribution >= 0.6 is 0 Å². The molecular formula is C22H23NO6. The zero-order chi connectivity index (χ0) is 21.0. The van der Waals surface area contributed by atoms with E-state index in [9.17, 15) is 9.59 Å². The van der Waals surface area contributed by atoms with E-state index in [1.807, 2.05) is 18.2 Å². The fourth-order valence-electron chi connectivity index (χ4n) is 3.29. The Hall–Kier alpha value is -3.48. The molecule has 7 nitrogen and oxygen atoms in total. The normalized spacial score (nSPS) is 10.6. The number of hydrogen-bond donors (Lipinski definition) is 1. The first kappa shape index (κ1) is 20.3. The van der Waals surface area contributed by atoms with Crippen LogP contribution in [0.25, 0.3) is 10.9 Å². The van der Waals surface area contributed by atoms with Crippen LogP contribution < -0.4 is 14.2 Å². The van der Waals surface area contributed by atoms with Gasteiger partial charge in [0, 0.05) is 22.7 Å². The van der Waals surface area contributed by atoms with Crippen molar-refractivity contribution >= 4 is 22.7 Å². The van der Waals surface area contributed by atoms with E-state index >= 15 is 0 Å². The first-order valence-electron chi connectivity index (χ1n) is 9.13. The highest BCUT2D eigenvalue weighted by Gasteiger charge is 2.23. The summed E-state index contributed by atoms with van der Waals surface area (Å²) in [5, 5.41) is 0.814. The molecule has 0 aliphatic carbocycles. The van der Waals surface area contributed by atoms with Crippen molar-refractivity contribution in [3.05, 3.63) is 53.2 Å². The van der Waals surface area contributed by atoms with Crippen LogP contribution in [0.2, 0.25) is 0 Å². The van der Waals surface area contributed by atoms with E-state index in [0.29, 0.717) is 11.3 Å². The van der Waals surface area contributed by atoms with E-state index in [2.05, 4.69) is 11.9 Å². The van der Waals surface area contributed by atoms with Crippen molar-refractivity contribution in [2.75, 3.05) is 27.9 Å². The first-order chi connectivity index (χ1) is 14.0. The minimum atomic E-state index is -0.690. The fraction of sp³-hybridized carbons (Fsp3) is 0.273. The van der Waals surface area contributed by atoms with Crippen molar-refractivity contribution in [2.24, 2.45) is 0 Å². The Bertz CT molecular complexity index is 1050. The van der Waals surface area contributed by atoms with Crippen LogP contribution in [0.1, 0.15) is 33.2 Å². The molecule has 1 aromatic heterocycles. The second-order valence-corrected chi connectivity index (χ2v) is 6.28. The summed E-state index contributed by atoms with van der Waals surface area (Å²) in [5.74, 6) is -0.103. The van der Waals surface area contributed by atoms with Gasteiger partial charge >= 0.3 is 5.97 Å². The lowest BCUT2D eigenvalue weighted by Gasteiger charge is -2.15. The number of ether oxygens (including phenoxy) is 4. The van der Waals surface area contributed by atoms with Gasteiger partial charge in [-0.15, -0.1) is 0 Å². The molecule has 3 rings (SSSR count). The Kier molecular flexibility index (Phi) is 6.07. The molecule has 7 heteroatoms. The molecule has 1 N–H and O–H groups in total. The maximum atomic E-state index is 12.7. The minimum absolute atomic E-state index is 0.144. The van der Waals surface area contributed by atoms with E-state index in [0.717, 1.165) is 22.9 Å². The van der Waals surface area contributed by atoms with Crippen molar-refractivity contribution < 1.29 is 28.5 Å². The van der Waals surface area contributed by atoms with Crippen LogP contribution in [0.5, 0.6) is 17.2 Å². The number of carbonyl (C=O) groups is 2. The molecule has 152 valence electrons. The number of esters is 1. The van der Waals surface area contributed by atoms with Gasteiger partial charge in [0.1, 0.15) is 5.56 Å². The van der Waals surface area contributed by atoms with Crippen LogP contribution in [0.4, 0.5) is 0 Å². The summed E-state index contributed by atoms with van der Waals surface area (Å²) in [4.78, 5) is 28.4. The summed E-state index contributed by atoms with van der Waals surface area (Å²) in [6.45, 7) is 1.66. The lowest BCUT2D eigenvalue weighted by molar-refractivity contribution is 0.0471. The van der Waals surface area contributed by atoms with Gasteiger partial charge in [-0.2, -0.15) is 0 Å². The van der Waals surface area contributed by atoms with Crippen molar-refractivity contribution in [3.8, 4) is 17.2 Å². The zero-order valence-corrected chi connectivity index (χ0v) is 16.8. The third-order valence-corrected chi connectivity index (χ3v) is 4.74. The van der Waals surface area contributed by atoms with Gasteiger partial charge in [0.2, 0.25) is 11.5 Å². The fourth-order valence-corrected chi connectivity index (χ4v) is 3.29.